The first-order chi connectivity index (χ1) is 6.49. The minimum atomic E-state index is -1.07. The summed E-state index contributed by atoms with van der Waals surface area (Å²) in [5, 5.41) is 9.17. The van der Waals surface area contributed by atoms with Gasteiger partial charge in [0.2, 0.25) is 0 Å². The van der Waals surface area contributed by atoms with Gasteiger partial charge in [-0.25, -0.2) is 4.79 Å². The molecule has 0 aliphatic rings. The molecule has 76 valence electrons. The molecule has 0 aliphatic heterocycles. The van der Waals surface area contributed by atoms with E-state index in [4.69, 9.17) is 0 Å². The van der Waals surface area contributed by atoms with Crippen LogP contribution in [0.15, 0.2) is 24.4 Å². The molecule has 4 heteroatoms. The molecule has 1 N–H and O–H groups in total. The van der Waals surface area contributed by atoms with Crippen molar-refractivity contribution in [3.63, 3.8) is 0 Å². The maximum Gasteiger partial charge on any atom is 0.330 e. The molecule has 0 aromatic carbocycles. The normalized spacial score (nSPS) is 15.1. The van der Waals surface area contributed by atoms with E-state index in [2.05, 4.69) is 4.98 Å². The topological polar surface area (TPSA) is 53.4 Å². The minimum absolute atomic E-state index is 0.539. The summed E-state index contributed by atoms with van der Waals surface area (Å²) >= 11 is 0. The van der Waals surface area contributed by atoms with Crippen LogP contribution < -0.4 is 0 Å². The number of pyridine rings is 1. The maximum absolute atomic E-state index is 11.2. The van der Waals surface area contributed by atoms with Gasteiger partial charge in [-0.3, -0.25) is 9.88 Å². The molecular weight excluding hydrogens is 180 g/mol. The smallest absolute Gasteiger partial charge is 0.330 e. The largest absolute Gasteiger partial charge is 0.480 e. The molecule has 0 saturated carbocycles. The van der Waals surface area contributed by atoms with Gasteiger partial charge in [0.25, 0.3) is 0 Å². The van der Waals surface area contributed by atoms with E-state index >= 15 is 0 Å². The molecule has 1 atom stereocenters. The van der Waals surface area contributed by atoms with Gasteiger partial charge in [0.15, 0.2) is 5.54 Å². The lowest BCUT2D eigenvalue weighted by molar-refractivity contribution is -0.149. The maximum atomic E-state index is 11.2. The van der Waals surface area contributed by atoms with Crippen LogP contribution in [0.3, 0.4) is 0 Å². The van der Waals surface area contributed by atoms with Crippen LogP contribution in [-0.4, -0.2) is 35.1 Å². The number of carbonyl (C=O) groups is 1. The average Bonchev–Trinajstić information content (AvgIpc) is 2.17. The number of likely N-dealkylation sites (N-methyl/N-ethyl adjacent to an activating group) is 1. The summed E-state index contributed by atoms with van der Waals surface area (Å²) < 4.78 is 0. The van der Waals surface area contributed by atoms with E-state index in [9.17, 15) is 9.90 Å². The molecule has 0 radical (unpaired) electrons. The Hall–Kier alpha value is -1.42. The van der Waals surface area contributed by atoms with Gasteiger partial charge in [0.05, 0.1) is 5.69 Å². The Morgan fingerprint density at radius 2 is 2.14 bits per heavy atom. The predicted octanol–water partition coefficient (Wildman–Crippen LogP) is 0.943. The van der Waals surface area contributed by atoms with E-state index in [0.717, 1.165) is 0 Å². The van der Waals surface area contributed by atoms with Crippen LogP contribution in [-0.2, 0) is 10.3 Å². The van der Waals surface area contributed by atoms with Crippen molar-refractivity contribution in [3.8, 4) is 0 Å². The molecule has 0 spiro atoms. The second-order valence-electron chi connectivity index (χ2n) is 3.49. The number of nitrogens with zero attached hydrogens (tertiary/aromatic N) is 2. The number of aromatic nitrogens is 1. The Balaban J connectivity index is 3.20. The van der Waals surface area contributed by atoms with Gasteiger partial charge in [-0.05, 0) is 33.2 Å². The monoisotopic (exact) mass is 194 g/mol. The predicted molar refractivity (Wildman–Crippen MR) is 52.9 cm³/mol. The molecule has 0 bridgehead atoms. The summed E-state index contributed by atoms with van der Waals surface area (Å²) in [6, 6.07) is 5.27. The SMILES string of the molecule is CN(C)[C@@](C)(C(=O)O)c1ccccn1. The van der Waals surface area contributed by atoms with Crippen molar-refractivity contribution in [3.05, 3.63) is 30.1 Å². The first-order valence-corrected chi connectivity index (χ1v) is 4.32. The van der Waals surface area contributed by atoms with E-state index in [1.165, 1.54) is 0 Å². The Bertz CT molecular complexity index is 324. The van der Waals surface area contributed by atoms with Crippen LogP contribution in [0.1, 0.15) is 12.6 Å². The molecule has 1 heterocycles. The second-order valence-corrected chi connectivity index (χ2v) is 3.49. The zero-order valence-electron chi connectivity index (χ0n) is 8.56. The Morgan fingerprint density at radius 1 is 1.50 bits per heavy atom. The quantitative estimate of drug-likeness (QED) is 0.778. The number of hydrogen-bond donors (Lipinski definition) is 1. The highest BCUT2D eigenvalue weighted by molar-refractivity contribution is 5.79. The van der Waals surface area contributed by atoms with Gasteiger partial charge in [-0.1, -0.05) is 6.07 Å². The molecule has 1 aromatic heterocycles. The van der Waals surface area contributed by atoms with E-state index in [1.54, 1.807) is 50.3 Å². The minimum Gasteiger partial charge on any atom is -0.480 e. The molecule has 1 aromatic rings. The van der Waals surface area contributed by atoms with Crippen molar-refractivity contribution in [2.24, 2.45) is 0 Å². The van der Waals surface area contributed by atoms with Crippen LogP contribution in [0.25, 0.3) is 0 Å². The standard InChI is InChI=1S/C10H14N2O2/c1-10(9(13)14,12(2)3)8-6-4-5-7-11-8/h4-7H,1-3H3,(H,13,14)/t10-/m1/s1. The van der Waals surface area contributed by atoms with Crippen molar-refractivity contribution >= 4 is 5.97 Å². The van der Waals surface area contributed by atoms with Crippen molar-refractivity contribution < 1.29 is 9.90 Å². The van der Waals surface area contributed by atoms with Crippen LogP contribution in [0.2, 0.25) is 0 Å². The molecule has 0 unspecified atom stereocenters. The fraction of sp³-hybridized carbons (Fsp3) is 0.400. The lowest BCUT2D eigenvalue weighted by Gasteiger charge is -2.31. The summed E-state index contributed by atoms with van der Waals surface area (Å²) in [5.74, 6) is -0.902. The van der Waals surface area contributed by atoms with Gasteiger partial charge < -0.3 is 5.11 Å². The average molecular weight is 194 g/mol. The molecular formula is C10H14N2O2. The third-order valence-electron chi connectivity index (χ3n) is 2.47. The fourth-order valence-electron chi connectivity index (χ4n) is 1.18. The number of hydrogen-bond acceptors (Lipinski definition) is 3. The zero-order chi connectivity index (χ0) is 10.8. The molecule has 14 heavy (non-hydrogen) atoms. The van der Waals surface area contributed by atoms with Gasteiger partial charge in [-0.2, -0.15) is 0 Å². The number of carboxylic acids is 1. The van der Waals surface area contributed by atoms with Crippen molar-refractivity contribution in [2.45, 2.75) is 12.5 Å². The summed E-state index contributed by atoms with van der Waals surface area (Å²) in [7, 11) is 3.45. The van der Waals surface area contributed by atoms with Gasteiger partial charge in [0, 0.05) is 6.20 Å². The Labute approximate surface area is 83.2 Å². The van der Waals surface area contributed by atoms with E-state index < -0.39 is 11.5 Å². The van der Waals surface area contributed by atoms with E-state index in [0.29, 0.717) is 5.69 Å². The molecule has 0 saturated heterocycles. The highest BCUT2D eigenvalue weighted by Gasteiger charge is 2.38. The van der Waals surface area contributed by atoms with Crippen molar-refractivity contribution in [2.75, 3.05) is 14.1 Å². The van der Waals surface area contributed by atoms with Gasteiger partial charge >= 0.3 is 5.97 Å². The van der Waals surface area contributed by atoms with E-state index in [1.807, 2.05) is 0 Å². The molecule has 0 aliphatic carbocycles. The molecule has 0 fully saturated rings. The van der Waals surface area contributed by atoms with Crippen LogP contribution in [0.5, 0.6) is 0 Å². The first kappa shape index (κ1) is 10.7. The summed E-state index contributed by atoms with van der Waals surface area (Å²) in [6.07, 6.45) is 1.60. The third kappa shape index (κ3) is 1.61. The van der Waals surface area contributed by atoms with Gasteiger partial charge in [-0.15, -0.1) is 0 Å². The van der Waals surface area contributed by atoms with Crippen LogP contribution in [0, 0.1) is 0 Å². The summed E-state index contributed by atoms with van der Waals surface area (Å²) in [4.78, 5) is 16.9. The lowest BCUT2D eigenvalue weighted by atomic mass is 9.96. The van der Waals surface area contributed by atoms with Gasteiger partial charge in [0.1, 0.15) is 0 Å². The van der Waals surface area contributed by atoms with Crippen molar-refractivity contribution in [1.29, 1.82) is 0 Å². The molecule has 4 nitrogen and oxygen atoms in total. The molecule has 0 amide bonds. The summed E-state index contributed by atoms with van der Waals surface area (Å²) in [6.45, 7) is 1.64. The number of rotatable bonds is 3. The Kier molecular flexibility index (Phi) is 2.86. The van der Waals surface area contributed by atoms with Crippen LogP contribution >= 0.6 is 0 Å². The number of carboxylic acid groups (broad SMARTS) is 1. The number of aliphatic carboxylic acids is 1. The summed E-state index contributed by atoms with van der Waals surface area (Å²) in [5.41, 5.74) is -0.529. The zero-order valence-corrected chi connectivity index (χ0v) is 8.56. The fourth-order valence-corrected chi connectivity index (χ4v) is 1.18. The van der Waals surface area contributed by atoms with Crippen LogP contribution in [0.4, 0.5) is 0 Å². The van der Waals surface area contributed by atoms with Crippen molar-refractivity contribution in [1.82, 2.24) is 9.88 Å². The molecule has 1 rings (SSSR count). The highest BCUT2D eigenvalue weighted by atomic mass is 16.4. The highest BCUT2D eigenvalue weighted by Crippen LogP contribution is 2.23. The third-order valence-corrected chi connectivity index (χ3v) is 2.47. The Morgan fingerprint density at radius 3 is 2.50 bits per heavy atom. The lowest BCUT2D eigenvalue weighted by Crippen LogP contribution is -2.46. The van der Waals surface area contributed by atoms with E-state index in [-0.39, 0.29) is 0 Å². The second kappa shape index (κ2) is 3.75. The first-order valence-electron chi connectivity index (χ1n) is 4.32.